The summed E-state index contributed by atoms with van der Waals surface area (Å²) in [7, 11) is 0. The molecule has 0 unspecified atom stereocenters. The number of carbonyl (C=O) groups excluding carboxylic acids is 1. The molecule has 10 heteroatoms. The van der Waals surface area contributed by atoms with Crippen molar-refractivity contribution in [3.63, 3.8) is 0 Å². The Morgan fingerprint density at radius 2 is 2.08 bits per heavy atom. The molecule has 8 nitrogen and oxygen atoms in total. The summed E-state index contributed by atoms with van der Waals surface area (Å²) in [5.41, 5.74) is 0.357. The number of anilines is 1. The zero-order valence-corrected chi connectivity index (χ0v) is 14.8. The van der Waals surface area contributed by atoms with Crippen LogP contribution in [0.15, 0.2) is 38.9 Å². The molecule has 0 bridgehead atoms. The fourth-order valence-corrected chi connectivity index (χ4v) is 3.24. The number of hydrogen-bond donors (Lipinski definition) is 1. The van der Waals surface area contributed by atoms with Crippen molar-refractivity contribution in [3.8, 4) is 22.3 Å². The molecule has 0 spiro atoms. The molecule has 0 saturated heterocycles. The molecular formula is C16H12ClN3O5S. The van der Waals surface area contributed by atoms with Crippen molar-refractivity contribution in [1.82, 2.24) is 9.78 Å². The first kappa shape index (κ1) is 16.7. The summed E-state index contributed by atoms with van der Waals surface area (Å²) in [4.78, 5) is 24.9. The lowest BCUT2D eigenvalue weighted by molar-refractivity contribution is -0.117. The van der Waals surface area contributed by atoms with Crippen LogP contribution in [0.1, 0.15) is 0 Å². The highest BCUT2D eigenvalue weighted by atomic mass is 35.5. The Hall–Kier alpha value is -2.78. The monoisotopic (exact) mass is 393 g/mol. The first-order valence-corrected chi connectivity index (χ1v) is 8.87. The van der Waals surface area contributed by atoms with Crippen LogP contribution in [0.2, 0.25) is 5.02 Å². The highest BCUT2D eigenvalue weighted by Gasteiger charge is 2.18. The Kier molecular flexibility index (Phi) is 4.39. The lowest BCUT2D eigenvalue weighted by atomic mass is 10.2. The molecule has 1 N–H and O–H groups in total. The van der Waals surface area contributed by atoms with Crippen LogP contribution < -0.4 is 20.5 Å². The molecule has 26 heavy (non-hydrogen) atoms. The SMILES string of the molecule is O=C(Cn1nc(-c2cccs2)oc1=O)Nc1cc2c(cc1Cl)OCCO2. The number of fused-ring (bicyclic) bond motifs is 1. The number of halogens is 1. The quantitative estimate of drug-likeness (QED) is 0.732. The molecule has 1 aliphatic rings. The zero-order valence-electron chi connectivity index (χ0n) is 13.2. The lowest BCUT2D eigenvalue weighted by Crippen LogP contribution is -2.26. The van der Waals surface area contributed by atoms with E-state index < -0.39 is 11.7 Å². The summed E-state index contributed by atoms with van der Waals surface area (Å²) in [6, 6.07) is 6.74. The normalized spacial score (nSPS) is 12.8. The van der Waals surface area contributed by atoms with Gasteiger partial charge < -0.3 is 19.2 Å². The fourth-order valence-electron chi connectivity index (χ4n) is 2.39. The Morgan fingerprint density at radius 3 is 2.81 bits per heavy atom. The molecule has 1 aliphatic heterocycles. The van der Waals surface area contributed by atoms with E-state index in [1.54, 1.807) is 18.2 Å². The van der Waals surface area contributed by atoms with E-state index in [1.807, 2.05) is 11.4 Å². The van der Waals surface area contributed by atoms with Crippen molar-refractivity contribution >= 4 is 34.5 Å². The molecule has 0 fully saturated rings. The van der Waals surface area contributed by atoms with Gasteiger partial charge in [-0.15, -0.1) is 16.4 Å². The molecule has 1 aromatic carbocycles. The zero-order chi connectivity index (χ0) is 18.1. The van der Waals surface area contributed by atoms with Gasteiger partial charge in [0, 0.05) is 12.1 Å². The number of hydrogen-bond acceptors (Lipinski definition) is 7. The van der Waals surface area contributed by atoms with E-state index in [0.717, 1.165) is 4.68 Å². The Labute approximate surface area is 155 Å². The number of amides is 1. The van der Waals surface area contributed by atoms with E-state index in [4.69, 9.17) is 25.5 Å². The van der Waals surface area contributed by atoms with E-state index in [-0.39, 0.29) is 12.4 Å². The average molecular weight is 394 g/mol. The molecule has 4 rings (SSSR count). The molecule has 1 amide bonds. The van der Waals surface area contributed by atoms with Gasteiger partial charge in [0.2, 0.25) is 5.91 Å². The third kappa shape index (κ3) is 3.31. The van der Waals surface area contributed by atoms with Crippen LogP contribution in [-0.4, -0.2) is 28.9 Å². The molecule has 2 aromatic heterocycles. The molecule has 3 heterocycles. The highest BCUT2D eigenvalue weighted by Crippen LogP contribution is 2.37. The van der Waals surface area contributed by atoms with Gasteiger partial charge in [-0.25, -0.2) is 4.79 Å². The second-order valence-corrected chi connectivity index (χ2v) is 6.69. The van der Waals surface area contributed by atoms with Gasteiger partial charge in [0.1, 0.15) is 19.8 Å². The average Bonchev–Trinajstić information content (AvgIpc) is 3.26. The van der Waals surface area contributed by atoms with Gasteiger partial charge in [-0.2, -0.15) is 4.68 Å². The number of benzene rings is 1. The largest absolute Gasteiger partial charge is 0.486 e. The maximum absolute atomic E-state index is 12.3. The Morgan fingerprint density at radius 1 is 1.31 bits per heavy atom. The van der Waals surface area contributed by atoms with Crippen molar-refractivity contribution in [3.05, 3.63) is 45.2 Å². The number of carbonyl (C=O) groups is 1. The van der Waals surface area contributed by atoms with E-state index in [1.165, 1.54) is 11.3 Å². The van der Waals surface area contributed by atoms with Gasteiger partial charge in [-0.1, -0.05) is 17.7 Å². The van der Waals surface area contributed by atoms with Crippen molar-refractivity contribution in [2.75, 3.05) is 18.5 Å². The van der Waals surface area contributed by atoms with Crippen LogP contribution >= 0.6 is 22.9 Å². The second kappa shape index (κ2) is 6.85. The van der Waals surface area contributed by atoms with Gasteiger partial charge in [-0.3, -0.25) is 4.79 Å². The first-order chi connectivity index (χ1) is 12.6. The van der Waals surface area contributed by atoms with Crippen LogP contribution in [0.3, 0.4) is 0 Å². The summed E-state index contributed by atoms with van der Waals surface area (Å²) < 4.78 is 16.9. The van der Waals surface area contributed by atoms with E-state index in [2.05, 4.69) is 10.4 Å². The molecule has 0 atom stereocenters. The molecule has 0 aliphatic carbocycles. The van der Waals surface area contributed by atoms with Crippen LogP contribution in [0.5, 0.6) is 11.5 Å². The number of thiophene rings is 1. The number of ether oxygens (including phenoxy) is 2. The molecule has 134 valence electrons. The third-order valence-corrected chi connectivity index (χ3v) is 4.71. The minimum atomic E-state index is -0.711. The molecule has 0 radical (unpaired) electrons. The summed E-state index contributed by atoms with van der Waals surface area (Å²) in [5.74, 6) is 0.00536. The van der Waals surface area contributed by atoms with Crippen LogP contribution in [-0.2, 0) is 11.3 Å². The minimum Gasteiger partial charge on any atom is -0.486 e. The predicted octanol–water partition coefficient (Wildman–Crippen LogP) is 2.63. The molecular weight excluding hydrogens is 382 g/mol. The number of nitrogens with zero attached hydrogens (tertiary/aromatic N) is 2. The number of aromatic nitrogens is 2. The van der Waals surface area contributed by atoms with E-state index in [9.17, 15) is 9.59 Å². The first-order valence-electron chi connectivity index (χ1n) is 7.61. The Bertz CT molecular complexity index is 1010. The van der Waals surface area contributed by atoms with Gasteiger partial charge in [0.05, 0.1) is 15.6 Å². The maximum Gasteiger partial charge on any atom is 0.437 e. The summed E-state index contributed by atoms with van der Waals surface area (Å²) >= 11 is 7.54. The lowest BCUT2D eigenvalue weighted by Gasteiger charge is -2.19. The molecule has 0 saturated carbocycles. The smallest absolute Gasteiger partial charge is 0.437 e. The number of nitrogens with one attached hydrogen (secondary N) is 1. The highest BCUT2D eigenvalue weighted by molar-refractivity contribution is 7.13. The van der Waals surface area contributed by atoms with Gasteiger partial charge in [-0.05, 0) is 11.4 Å². The second-order valence-electron chi connectivity index (χ2n) is 5.33. The topological polar surface area (TPSA) is 95.6 Å². The Balaban J connectivity index is 1.50. The third-order valence-electron chi connectivity index (χ3n) is 3.54. The fraction of sp³-hybridized carbons (Fsp3) is 0.188. The predicted molar refractivity (Wildman–Crippen MR) is 95.1 cm³/mol. The van der Waals surface area contributed by atoms with E-state index in [0.29, 0.717) is 40.3 Å². The standard InChI is InChI=1S/C16H12ClN3O5S/c17-9-6-11-12(24-4-3-23-11)7-10(9)18-14(21)8-20-16(22)25-15(19-20)13-2-1-5-26-13/h1-2,5-7H,3-4,8H2,(H,18,21). The maximum atomic E-state index is 12.3. The minimum absolute atomic E-state index is 0.176. The molecule has 3 aromatic rings. The summed E-state index contributed by atoms with van der Waals surface area (Å²) in [6.45, 7) is 0.553. The van der Waals surface area contributed by atoms with Crippen molar-refractivity contribution in [1.29, 1.82) is 0 Å². The van der Waals surface area contributed by atoms with E-state index >= 15 is 0 Å². The summed E-state index contributed by atoms with van der Waals surface area (Å²) in [6.07, 6.45) is 0. The summed E-state index contributed by atoms with van der Waals surface area (Å²) in [5, 5.41) is 8.81. The van der Waals surface area contributed by atoms with Crippen LogP contribution in [0.25, 0.3) is 10.8 Å². The van der Waals surface area contributed by atoms with Crippen molar-refractivity contribution < 1.29 is 18.7 Å². The van der Waals surface area contributed by atoms with Crippen molar-refractivity contribution in [2.24, 2.45) is 0 Å². The van der Waals surface area contributed by atoms with Gasteiger partial charge in [0.25, 0.3) is 5.89 Å². The van der Waals surface area contributed by atoms with Crippen LogP contribution in [0.4, 0.5) is 5.69 Å². The van der Waals surface area contributed by atoms with Gasteiger partial charge in [0.15, 0.2) is 11.5 Å². The van der Waals surface area contributed by atoms with Crippen LogP contribution in [0, 0.1) is 0 Å². The van der Waals surface area contributed by atoms with Gasteiger partial charge >= 0.3 is 5.76 Å². The van der Waals surface area contributed by atoms with Crippen molar-refractivity contribution in [2.45, 2.75) is 6.54 Å². The number of rotatable bonds is 4.